The summed E-state index contributed by atoms with van der Waals surface area (Å²) >= 11 is 0. The van der Waals surface area contributed by atoms with E-state index in [0.717, 1.165) is 11.3 Å². The van der Waals surface area contributed by atoms with Crippen LogP contribution in [-0.2, 0) is 4.79 Å². The number of hydrogen-bond acceptors (Lipinski definition) is 4. The first kappa shape index (κ1) is 15.0. The lowest BCUT2D eigenvalue weighted by molar-refractivity contribution is -0.111. The highest BCUT2D eigenvalue weighted by atomic mass is 16.7. The van der Waals surface area contributed by atoms with Gasteiger partial charge >= 0.3 is 0 Å². The summed E-state index contributed by atoms with van der Waals surface area (Å²) in [4.78, 5) is 12.0. The largest absolute Gasteiger partial charge is 0.493 e. The van der Waals surface area contributed by atoms with E-state index in [1.807, 2.05) is 31.2 Å². The average molecular weight is 311 g/mol. The van der Waals surface area contributed by atoms with Crippen LogP contribution in [0, 0.1) is 0 Å². The number of nitrogens with one attached hydrogen (secondary N) is 1. The first-order valence-electron chi connectivity index (χ1n) is 7.37. The summed E-state index contributed by atoms with van der Waals surface area (Å²) in [5.41, 5.74) is 1.51. The molecule has 0 fully saturated rings. The normalized spacial score (nSPS) is 12.4. The molecule has 0 saturated carbocycles. The third-order valence-electron chi connectivity index (χ3n) is 3.27. The fourth-order valence-electron chi connectivity index (χ4n) is 2.23. The molecular weight excluding hydrogens is 294 g/mol. The maximum atomic E-state index is 12.0. The van der Waals surface area contributed by atoms with Gasteiger partial charge in [0.25, 0.3) is 0 Å². The van der Waals surface area contributed by atoms with Crippen LogP contribution in [0.15, 0.2) is 48.5 Å². The summed E-state index contributed by atoms with van der Waals surface area (Å²) in [6.45, 7) is 2.71. The van der Waals surface area contributed by atoms with Gasteiger partial charge in [0, 0.05) is 23.4 Å². The van der Waals surface area contributed by atoms with Crippen LogP contribution < -0.4 is 19.5 Å². The molecule has 1 N–H and O–H groups in total. The number of fused-ring (bicyclic) bond motifs is 1. The van der Waals surface area contributed by atoms with E-state index in [9.17, 15) is 4.79 Å². The highest BCUT2D eigenvalue weighted by molar-refractivity contribution is 6.02. The van der Waals surface area contributed by atoms with Gasteiger partial charge in [-0.05, 0) is 31.2 Å². The van der Waals surface area contributed by atoms with Crippen LogP contribution in [0.5, 0.6) is 17.2 Å². The van der Waals surface area contributed by atoms with Gasteiger partial charge in [-0.2, -0.15) is 0 Å². The second kappa shape index (κ2) is 6.87. The molecule has 5 nitrogen and oxygen atoms in total. The molecule has 0 aromatic heterocycles. The molecule has 5 heteroatoms. The Labute approximate surface area is 134 Å². The summed E-state index contributed by atoms with van der Waals surface area (Å²) in [5, 5.41) is 2.79. The van der Waals surface area contributed by atoms with E-state index in [0.29, 0.717) is 23.8 Å². The van der Waals surface area contributed by atoms with Crippen molar-refractivity contribution in [1.82, 2.24) is 0 Å². The van der Waals surface area contributed by atoms with Crippen molar-refractivity contribution >= 4 is 17.7 Å². The summed E-state index contributed by atoms with van der Waals surface area (Å²) in [6, 6.07) is 12.9. The molecular formula is C18H17NO4. The predicted octanol–water partition coefficient (Wildman–Crippen LogP) is 3.47. The Morgan fingerprint density at radius 1 is 1.22 bits per heavy atom. The van der Waals surface area contributed by atoms with Crippen LogP contribution >= 0.6 is 0 Å². The number of benzene rings is 2. The van der Waals surface area contributed by atoms with Crippen LogP contribution in [0.3, 0.4) is 0 Å². The van der Waals surface area contributed by atoms with Gasteiger partial charge in [-0.1, -0.05) is 18.2 Å². The molecule has 0 bridgehead atoms. The fourth-order valence-corrected chi connectivity index (χ4v) is 2.23. The van der Waals surface area contributed by atoms with Crippen molar-refractivity contribution in [3.63, 3.8) is 0 Å². The maximum Gasteiger partial charge on any atom is 0.248 e. The van der Waals surface area contributed by atoms with Crippen molar-refractivity contribution in [2.45, 2.75) is 6.92 Å². The highest BCUT2D eigenvalue weighted by Crippen LogP contribution is 2.34. The van der Waals surface area contributed by atoms with E-state index in [-0.39, 0.29) is 12.7 Å². The number of carbonyl (C=O) groups excluding carboxylic acids is 1. The van der Waals surface area contributed by atoms with Crippen LogP contribution in [0.25, 0.3) is 6.08 Å². The zero-order chi connectivity index (χ0) is 16.1. The standard InChI is InChI=1S/C18H17NO4/c1-2-21-15-6-4-3-5-13(15)7-10-18(20)19-14-8-9-16-17(11-14)23-12-22-16/h3-11H,2,12H2,1H3,(H,19,20). The van der Waals surface area contributed by atoms with E-state index >= 15 is 0 Å². The lowest BCUT2D eigenvalue weighted by atomic mass is 10.2. The van der Waals surface area contributed by atoms with Crippen LogP contribution in [0.2, 0.25) is 0 Å². The number of amides is 1. The molecule has 1 aliphatic heterocycles. The van der Waals surface area contributed by atoms with Gasteiger partial charge in [0.05, 0.1) is 6.61 Å². The molecule has 0 saturated heterocycles. The summed E-state index contributed by atoms with van der Waals surface area (Å²) in [7, 11) is 0. The number of para-hydroxylation sites is 1. The average Bonchev–Trinajstić information content (AvgIpc) is 3.02. The second-order valence-electron chi connectivity index (χ2n) is 4.86. The Bertz CT molecular complexity index is 740. The lowest BCUT2D eigenvalue weighted by Crippen LogP contribution is -2.07. The van der Waals surface area contributed by atoms with E-state index in [1.54, 1.807) is 24.3 Å². The molecule has 118 valence electrons. The Hall–Kier alpha value is -2.95. The predicted molar refractivity (Wildman–Crippen MR) is 87.8 cm³/mol. The lowest BCUT2D eigenvalue weighted by Gasteiger charge is -2.06. The Balaban J connectivity index is 1.67. The van der Waals surface area contributed by atoms with Crippen molar-refractivity contribution in [1.29, 1.82) is 0 Å². The van der Waals surface area contributed by atoms with Gasteiger partial charge < -0.3 is 19.5 Å². The maximum absolute atomic E-state index is 12.0. The van der Waals surface area contributed by atoms with Crippen molar-refractivity contribution in [3.8, 4) is 17.2 Å². The first-order valence-corrected chi connectivity index (χ1v) is 7.37. The quantitative estimate of drug-likeness (QED) is 0.859. The molecule has 1 heterocycles. The molecule has 0 aliphatic carbocycles. The van der Waals surface area contributed by atoms with Crippen molar-refractivity contribution in [2.75, 3.05) is 18.7 Å². The Morgan fingerprint density at radius 2 is 2.04 bits per heavy atom. The molecule has 0 spiro atoms. The van der Waals surface area contributed by atoms with Gasteiger partial charge in [0.2, 0.25) is 12.7 Å². The zero-order valence-corrected chi connectivity index (χ0v) is 12.7. The minimum absolute atomic E-state index is 0.209. The SMILES string of the molecule is CCOc1ccccc1C=CC(=O)Nc1ccc2c(c1)OCO2. The topological polar surface area (TPSA) is 56.8 Å². The Morgan fingerprint density at radius 3 is 2.91 bits per heavy atom. The van der Waals surface area contributed by atoms with Crippen LogP contribution in [0.1, 0.15) is 12.5 Å². The molecule has 2 aromatic carbocycles. The van der Waals surface area contributed by atoms with Gasteiger partial charge in [-0.3, -0.25) is 4.79 Å². The van der Waals surface area contributed by atoms with E-state index in [1.165, 1.54) is 6.08 Å². The van der Waals surface area contributed by atoms with E-state index < -0.39 is 0 Å². The van der Waals surface area contributed by atoms with Crippen molar-refractivity contribution < 1.29 is 19.0 Å². The molecule has 0 radical (unpaired) electrons. The summed E-state index contributed by atoms with van der Waals surface area (Å²) in [6.07, 6.45) is 3.20. The smallest absolute Gasteiger partial charge is 0.248 e. The first-order chi connectivity index (χ1) is 11.3. The number of hydrogen-bond donors (Lipinski definition) is 1. The minimum Gasteiger partial charge on any atom is -0.493 e. The number of anilines is 1. The number of rotatable bonds is 5. The van der Waals surface area contributed by atoms with Crippen LogP contribution in [0.4, 0.5) is 5.69 Å². The molecule has 3 rings (SSSR count). The summed E-state index contributed by atoms with van der Waals surface area (Å²) in [5.74, 6) is 1.84. The third-order valence-corrected chi connectivity index (χ3v) is 3.27. The monoisotopic (exact) mass is 311 g/mol. The second-order valence-corrected chi connectivity index (χ2v) is 4.86. The van der Waals surface area contributed by atoms with Gasteiger partial charge in [-0.25, -0.2) is 0 Å². The molecule has 1 amide bonds. The van der Waals surface area contributed by atoms with E-state index in [2.05, 4.69) is 5.32 Å². The fraction of sp³-hybridized carbons (Fsp3) is 0.167. The molecule has 0 atom stereocenters. The molecule has 0 unspecified atom stereocenters. The zero-order valence-electron chi connectivity index (χ0n) is 12.7. The minimum atomic E-state index is -0.227. The number of carbonyl (C=O) groups is 1. The van der Waals surface area contributed by atoms with Crippen molar-refractivity contribution in [2.24, 2.45) is 0 Å². The molecule has 23 heavy (non-hydrogen) atoms. The summed E-state index contributed by atoms with van der Waals surface area (Å²) < 4.78 is 16.0. The van der Waals surface area contributed by atoms with Gasteiger partial charge in [0.1, 0.15) is 5.75 Å². The highest BCUT2D eigenvalue weighted by Gasteiger charge is 2.13. The third kappa shape index (κ3) is 3.63. The van der Waals surface area contributed by atoms with Gasteiger partial charge in [-0.15, -0.1) is 0 Å². The number of ether oxygens (including phenoxy) is 3. The van der Waals surface area contributed by atoms with E-state index in [4.69, 9.17) is 14.2 Å². The molecule has 1 aliphatic rings. The van der Waals surface area contributed by atoms with Crippen molar-refractivity contribution in [3.05, 3.63) is 54.1 Å². The van der Waals surface area contributed by atoms with Gasteiger partial charge in [0.15, 0.2) is 11.5 Å². The Kier molecular flexibility index (Phi) is 4.47. The van der Waals surface area contributed by atoms with Crippen LogP contribution in [-0.4, -0.2) is 19.3 Å². The molecule has 2 aromatic rings.